The average Bonchev–Trinajstić information content (AvgIpc) is 2.42. The minimum Gasteiger partial charge on any atom is -0.356 e. The van der Waals surface area contributed by atoms with E-state index in [9.17, 15) is 9.18 Å². The van der Waals surface area contributed by atoms with Crippen molar-refractivity contribution < 1.29 is 9.18 Å². The minimum absolute atomic E-state index is 0.0645. The van der Waals surface area contributed by atoms with E-state index in [-0.39, 0.29) is 11.3 Å². The fraction of sp³-hybridized carbons (Fsp3) is 0.833. The monoisotopic (exact) mass is 293 g/mol. The molecule has 4 aliphatic rings. The molecule has 1 unspecified atom stereocenters. The molecular weight excluding hydrogens is 265 g/mol. The van der Waals surface area contributed by atoms with Crippen molar-refractivity contribution in [3.63, 3.8) is 0 Å². The van der Waals surface area contributed by atoms with Gasteiger partial charge in [0, 0.05) is 12.0 Å². The maximum atomic E-state index is 13.4. The molecule has 0 radical (unpaired) electrons. The second kappa shape index (κ2) is 6.10. The summed E-state index contributed by atoms with van der Waals surface area (Å²) in [6.45, 7) is 4.18. The van der Waals surface area contributed by atoms with Gasteiger partial charge in [0.2, 0.25) is 5.91 Å². The minimum atomic E-state index is -0.807. The molecule has 4 fully saturated rings. The maximum absolute atomic E-state index is 13.4. The van der Waals surface area contributed by atoms with Crippen molar-refractivity contribution in [3.05, 3.63) is 12.7 Å². The summed E-state index contributed by atoms with van der Waals surface area (Å²) in [5.74, 6) is 2.65. The van der Waals surface area contributed by atoms with Crippen LogP contribution in [-0.4, -0.2) is 18.6 Å². The van der Waals surface area contributed by atoms with Crippen LogP contribution >= 0.6 is 0 Å². The average molecular weight is 293 g/mol. The molecule has 3 heteroatoms. The molecule has 1 N–H and O–H groups in total. The van der Waals surface area contributed by atoms with Crippen molar-refractivity contribution in [2.75, 3.05) is 6.54 Å². The molecule has 0 aromatic heterocycles. The quantitative estimate of drug-likeness (QED) is 0.557. The number of carbonyl (C=O) groups excluding carboxylic acids is 1. The summed E-state index contributed by atoms with van der Waals surface area (Å²) in [5.41, 5.74) is -0.0645. The first-order chi connectivity index (χ1) is 10.1. The lowest BCUT2D eigenvalue weighted by molar-refractivity contribution is -0.146. The first kappa shape index (κ1) is 15.1. The van der Waals surface area contributed by atoms with Crippen LogP contribution in [-0.2, 0) is 4.79 Å². The van der Waals surface area contributed by atoms with Crippen LogP contribution in [0, 0.1) is 23.2 Å². The normalized spacial score (nSPS) is 38.2. The first-order valence-corrected chi connectivity index (χ1v) is 8.64. The molecule has 1 atom stereocenters. The van der Waals surface area contributed by atoms with E-state index in [0.717, 1.165) is 43.4 Å². The Hall–Kier alpha value is -0.860. The van der Waals surface area contributed by atoms with Crippen molar-refractivity contribution >= 4 is 5.91 Å². The largest absolute Gasteiger partial charge is 0.356 e. The van der Waals surface area contributed by atoms with E-state index in [1.54, 1.807) is 6.08 Å². The van der Waals surface area contributed by atoms with Gasteiger partial charge in [0.1, 0.15) is 6.17 Å². The van der Waals surface area contributed by atoms with Gasteiger partial charge in [-0.1, -0.05) is 6.08 Å². The number of hydrogen-bond acceptors (Lipinski definition) is 1. The Labute approximate surface area is 127 Å². The lowest BCUT2D eigenvalue weighted by Crippen LogP contribution is -2.53. The van der Waals surface area contributed by atoms with Gasteiger partial charge < -0.3 is 5.32 Å². The number of alkyl halides is 1. The van der Waals surface area contributed by atoms with E-state index < -0.39 is 6.17 Å². The van der Waals surface area contributed by atoms with E-state index in [0.29, 0.717) is 19.4 Å². The zero-order chi connectivity index (χ0) is 14.9. The summed E-state index contributed by atoms with van der Waals surface area (Å²) in [6.07, 6.45) is 9.88. The Bertz CT molecular complexity index is 371. The lowest BCUT2D eigenvalue weighted by atomic mass is 9.49. The standard InChI is InChI=1S/C18H28FNO/c1-2-4-16(19)5-3-6-20-17(21)18-10-13-7-14(11-18)9-15(8-13)12-18/h2,13-16H,1,3-12H2,(H,20,21). The Kier molecular flexibility index (Phi) is 4.37. The van der Waals surface area contributed by atoms with Crippen LogP contribution in [0.4, 0.5) is 4.39 Å². The first-order valence-electron chi connectivity index (χ1n) is 8.64. The highest BCUT2D eigenvalue weighted by Gasteiger charge is 2.54. The van der Waals surface area contributed by atoms with E-state index in [4.69, 9.17) is 0 Å². The Morgan fingerprint density at radius 2 is 1.81 bits per heavy atom. The summed E-state index contributed by atoms with van der Waals surface area (Å²) in [6, 6.07) is 0. The van der Waals surface area contributed by atoms with Crippen LogP contribution in [0.15, 0.2) is 12.7 Å². The summed E-state index contributed by atoms with van der Waals surface area (Å²) in [5, 5.41) is 3.11. The third-order valence-electron chi connectivity index (χ3n) is 5.92. The van der Waals surface area contributed by atoms with Gasteiger partial charge in [-0.05, 0) is 75.5 Å². The predicted molar refractivity (Wildman–Crippen MR) is 82.6 cm³/mol. The van der Waals surface area contributed by atoms with Crippen molar-refractivity contribution in [3.8, 4) is 0 Å². The van der Waals surface area contributed by atoms with E-state index in [2.05, 4.69) is 11.9 Å². The number of carbonyl (C=O) groups is 1. The van der Waals surface area contributed by atoms with Crippen LogP contribution < -0.4 is 5.32 Å². The Morgan fingerprint density at radius 1 is 1.24 bits per heavy atom. The van der Waals surface area contributed by atoms with Gasteiger partial charge in [-0.3, -0.25) is 4.79 Å². The molecule has 4 aliphatic carbocycles. The molecule has 0 saturated heterocycles. The number of amides is 1. The van der Waals surface area contributed by atoms with Gasteiger partial charge in [0.05, 0.1) is 0 Å². The summed E-state index contributed by atoms with van der Waals surface area (Å²) >= 11 is 0. The highest BCUT2D eigenvalue weighted by atomic mass is 19.1. The van der Waals surface area contributed by atoms with Crippen molar-refractivity contribution in [2.24, 2.45) is 23.2 Å². The molecule has 0 aromatic carbocycles. The molecule has 21 heavy (non-hydrogen) atoms. The predicted octanol–water partition coefficient (Wildman–Crippen LogP) is 4.01. The van der Waals surface area contributed by atoms with Gasteiger partial charge in [-0.15, -0.1) is 6.58 Å². The highest BCUT2D eigenvalue weighted by molar-refractivity contribution is 5.83. The molecule has 4 bridgehead atoms. The number of rotatable bonds is 7. The van der Waals surface area contributed by atoms with Gasteiger partial charge in [0.25, 0.3) is 0 Å². The van der Waals surface area contributed by atoms with E-state index >= 15 is 0 Å². The van der Waals surface area contributed by atoms with Crippen LogP contribution in [0.5, 0.6) is 0 Å². The molecule has 4 rings (SSSR count). The second-order valence-electron chi connectivity index (χ2n) is 7.72. The number of halogens is 1. The Morgan fingerprint density at radius 3 is 2.33 bits per heavy atom. The Balaban J connectivity index is 1.46. The summed E-state index contributed by atoms with van der Waals surface area (Å²) in [7, 11) is 0. The molecule has 0 heterocycles. The fourth-order valence-corrected chi connectivity index (χ4v) is 5.40. The van der Waals surface area contributed by atoms with Crippen LogP contribution in [0.25, 0.3) is 0 Å². The van der Waals surface area contributed by atoms with Crippen LogP contribution in [0.3, 0.4) is 0 Å². The third kappa shape index (κ3) is 3.17. The van der Waals surface area contributed by atoms with Gasteiger partial charge in [0.15, 0.2) is 0 Å². The molecule has 4 saturated carbocycles. The zero-order valence-electron chi connectivity index (χ0n) is 13.0. The molecule has 0 aliphatic heterocycles. The van der Waals surface area contributed by atoms with Crippen molar-refractivity contribution in [1.82, 2.24) is 5.32 Å². The fourth-order valence-electron chi connectivity index (χ4n) is 5.40. The molecular formula is C18H28FNO. The maximum Gasteiger partial charge on any atom is 0.226 e. The SMILES string of the molecule is C=CCC(F)CCCNC(=O)C12CC3CC(CC(C3)C1)C2. The molecule has 0 spiro atoms. The lowest BCUT2D eigenvalue weighted by Gasteiger charge is -2.55. The number of nitrogens with one attached hydrogen (secondary N) is 1. The zero-order valence-corrected chi connectivity index (χ0v) is 13.0. The molecule has 118 valence electrons. The van der Waals surface area contributed by atoms with Gasteiger partial charge in [-0.2, -0.15) is 0 Å². The van der Waals surface area contributed by atoms with E-state index in [1.165, 1.54) is 19.3 Å². The molecule has 2 nitrogen and oxygen atoms in total. The second-order valence-corrected chi connectivity index (χ2v) is 7.72. The van der Waals surface area contributed by atoms with Crippen LogP contribution in [0.2, 0.25) is 0 Å². The van der Waals surface area contributed by atoms with Gasteiger partial charge in [-0.25, -0.2) is 4.39 Å². The summed E-state index contributed by atoms with van der Waals surface area (Å²) < 4.78 is 13.4. The number of allylic oxidation sites excluding steroid dienone is 1. The topological polar surface area (TPSA) is 29.1 Å². The third-order valence-corrected chi connectivity index (χ3v) is 5.92. The molecule has 0 aromatic rings. The summed E-state index contributed by atoms with van der Waals surface area (Å²) in [4.78, 5) is 12.6. The smallest absolute Gasteiger partial charge is 0.226 e. The van der Waals surface area contributed by atoms with Crippen LogP contribution in [0.1, 0.15) is 57.8 Å². The number of hydrogen-bond donors (Lipinski definition) is 1. The highest BCUT2D eigenvalue weighted by Crippen LogP contribution is 2.60. The van der Waals surface area contributed by atoms with Crippen molar-refractivity contribution in [2.45, 2.75) is 64.0 Å². The van der Waals surface area contributed by atoms with Crippen molar-refractivity contribution in [1.29, 1.82) is 0 Å². The van der Waals surface area contributed by atoms with Gasteiger partial charge >= 0.3 is 0 Å². The molecule has 1 amide bonds. The van der Waals surface area contributed by atoms with E-state index in [1.807, 2.05) is 0 Å².